The van der Waals surface area contributed by atoms with Crippen molar-refractivity contribution in [3.63, 3.8) is 0 Å². The molecule has 0 atom stereocenters. The summed E-state index contributed by atoms with van der Waals surface area (Å²) in [6.45, 7) is 0.833. The van der Waals surface area contributed by atoms with E-state index in [-0.39, 0.29) is 24.6 Å². The second-order valence-corrected chi connectivity index (χ2v) is 7.31. The van der Waals surface area contributed by atoms with Crippen LogP contribution in [0.4, 0.5) is 0 Å². The van der Waals surface area contributed by atoms with Gasteiger partial charge in [0.1, 0.15) is 5.01 Å². The topological polar surface area (TPSA) is 88.3 Å². The summed E-state index contributed by atoms with van der Waals surface area (Å²) in [4.78, 5) is 30.4. The Hall–Kier alpha value is -3.00. The third-order valence-corrected chi connectivity index (χ3v) is 5.64. The quantitative estimate of drug-likeness (QED) is 0.748. The van der Waals surface area contributed by atoms with Crippen LogP contribution >= 0.6 is 11.3 Å². The molecule has 0 radical (unpaired) electrons. The summed E-state index contributed by atoms with van der Waals surface area (Å²) >= 11 is 1.52. The molecule has 2 aromatic heterocycles. The molecule has 27 heavy (non-hydrogen) atoms. The molecule has 0 unspecified atom stereocenters. The zero-order chi connectivity index (χ0) is 19.0. The summed E-state index contributed by atoms with van der Waals surface area (Å²) in [6, 6.07) is 9.86. The molecule has 138 valence electrons. The van der Waals surface area contributed by atoms with E-state index in [2.05, 4.69) is 10.1 Å². The predicted octanol–water partition coefficient (Wildman–Crippen LogP) is 2.37. The summed E-state index contributed by atoms with van der Waals surface area (Å²) in [5.74, 6) is -1.11. The Morgan fingerprint density at radius 3 is 2.78 bits per heavy atom. The number of nitrogens with zero attached hydrogens (tertiary/aromatic N) is 4. The van der Waals surface area contributed by atoms with Crippen LogP contribution in [0.15, 0.2) is 35.7 Å². The van der Waals surface area contributed by atoms with Crippen LogP contribution in [0.25, 0.3) is 10.6 Å². The number of benzene rings is 1. The number of fused-ring (bicyclic) bond motifs is 1. The first-order valence-corrected chi connectivity index (χ1v) is 9.46. The molecular formula is C19H18N4O3S. The molecule has 0 saturated carbocycles. The predicted molar refractivity (Wildman–Crippen MR) is 101 cm³/mol. The van der Waals surface area contributed by atoms with Crippen LogP contribution in [0.2, 0.25) is 0 Å². The molecule has 0 aliphatic carbocycles. The largest absolute Gasteiger partial charge is 0.476 e. The van der Waals surface area contributed by atoms with Crippen LogP contribution in [-0.4, -0.2) is 43.2 Å². The first kappa shape index (κ1) is 17.4. The van der Waals surface area contributed by atoms with Gasteiger partial charge in [-0.2, -0.15) is 5.10 Å². The fourth-order valence-electron chi connectivity index (χ4n) is 3.35. The van der Waals surface area contributed by atoms with Gasteiger partial charge in [0.25, 0.3) is 0 Å². The normalized spacial score (nSPS) is 13.4. The van der Waals surface area contributed by atoms with Gasteiger partial charge in [-0.1, -0.05) is 30.3 Å². The molecule has 1 aromatic carbocycles. The highest BCUT2D eigenvalue weighted by molar-refractivity contribution is 7.13. The van der Waals surface area contributed by atoms with E-state index in [1.165, 1.54) is 11.3 Å². The van der Waals surface area contributed by atoms with Crippen molar-refractivity contribution in [2.75, 3.05) is 6.54 Å². The Kier molecular flexibility index (Phi) is 4.49. The maximum absolute atomic E-state index is 12.7. The molecule has 1 N–H and O–H groups in total. The van der Waals surface area contributed by atoms with Crippen LogP contribution in [0.1, 0.15) is 27.4 Å². The molecule has 0 spiro atoms. The van der Waals surface area contributed by atoms with Gasteiger partial charge in [0.2, 0.25) is 5.91 Å². The highest BCUT2D eigenvalue weighted by atomic mass is 32.1. The van der Waals surface area contributed by atoms with Gasteiger partial charge in [0, 0.05) is 48.8 Å². The molecule has 0 fully saturated rings. The lowest BCUT2D eigenvalue weighted by molar-refractivity contribution is -0.131. The van der Waals surface area contributed by atoms with Crippen LogP contribution in [0.5, 0.6) is 0 Å². The van der Waals surface area contributed by atoms with Gasteiger partial charge in [-0.05, 0) is 0 Å². The Labute approximate surface area is 159 Å². The molecule has 1 amide bonds. The van der Waals surface area contributed by atoms with Crippen LogP contribution in [-0.2, 0) is 31.2 Å². The average molecular weight is 382 g/mol. The van der Waals surface area contributed by atoms with Gasteiger partial charge in [-0.25, -0.2) is 9.78 Å². The van der Waals surface area contributed by atoms with E-state index in [0.29, 0.717) is 18.5 Å². The van der Waals surface area contributed by atoms with E-state index in [4.69, 9.17) is 0 Å². The number of aromatic nitrogens is 3. The Morgan fingerprint density at radius 1 is 1.26 bits per heavy atom. The maximum atomic E-state index is 12.7. The average Bonchev–Trinajstić information content (AvgIpc) is 3.27. The number of aromatic carboxylic acids is 1. The lowest BCUT2D eigenvalue weighted by atomic mass is 10.0. The summed E-state index contributed by atoms with van der Waals surface area (Å²) in [6.07, 6.45) is 0.811. The lowest BCUT2D eigenvalue weighted by Crippen LogP contribution is -2.37. The van der Waals surface area contributed by atoms with E-state index < -0.39 is 5.97 Å². The van der Waals surface area contributed by atoms with Crippen LogP contribution < -0.4 is 0 Å². The summed E-state index contributed by atoms with van der Waals surface area (Å²) < 4.78 is 1.60. The van der Waals surface area contributed by atoms with Crippen molar-refractivity contribution >= 4 is 23.2 Å². The Bertz CT molecular complexity index is 1010. The smallest absolute Gasteiger partial charge is 0.356 e. The van der Waals surface area contributed by atoms with Gasteiger partial charge in [-0.3, -0.25) is 9.48 Å². The second-order valence-electron chi connectivity index (χ2n) is 6.45. The van der Waals surface area contributed by atoms with Crippen molar-refractivity contribution in [3.05, 3.63) is 58.4 Å². The Morgan fingerprint density at radius 2 is 2.04 bits per heavy atom. The fourth-order valence-corrected chi connectivity index (χ4v) is 4.17. The number of hydrogen-bond donors (Lipinski definition) is 1. The molecule has 7 nitrogen and oxygen atoms in total. The molecule has 4 rings (SSSR count). The molecule has 0 bridgehead atoms. The summed E-state index contributed by atoms with van der Waals surface area (Å²) in [5.41, 5.74) is 3.32. The van der Waals surface area contributed by atoms with E-state index in [1.54, 1.807) is 16.6 Å². The zero-order valence-corrected chi connectivity index (χ0v) is 15.6. The minimum atomic E-state index is -1.06. The van der Waals surface area contributed by atoms with Crippen LogP contribution in [0.3, 0.4) is 0 Å². The Balaban J connectivity index is 1.49. The zero-order valence-electron chi connectivity index (χ0n) is 14.8. The first-order valence-electron chi connectivity index (χ1n) is 8.58. The van der Waals surface area contributed by atoms with E-state index in [0.717, 1.165) is 22.0 Å². The van der Waals surface area contributed by atoms with Crippen molar-refractivity contribution < 1.29 is 14.7 Å². The number of carboxylic acids is 1. The van der Waals surface area contributed by atoms with E-state index >= 15 is 0 Å². The molecule has 1 aliphatic rings. The summed E-state index contributed by atoms with van der Waals surface area (Å²) in [7, 11) is 1.74. The SMILES string of the molecule is Cn1nc(C(=O)O)c2c1CCN(C(=O)Cc1csc(-c3ccccc3)n1)C2. The maximum Gasteiger partial charge on any atom is 0.356 e. The number of thiazole rings is 1. The first-order chi connectivity index (χ1) is 13.0. The minimum Gasteiger partial charge on any atom is -0.476 e. The number of aryl methyl sites for hydroxylation is 1. The minimum absolute atomic E-state index is 0.0324. The molecule has 3 aromatic rings. The molecule has 8 heteroatoms. The second kappa shape index (κ2) is 6.96. The van der Waals surface area contributed by atoms with Crippen LogP contribution in [0, 0.1) is 0 Å². The highest BCUT2D eigenvalue weighted by Gasteiger charge is 2.29. The van der Waals surface area contributed by atoms with Gasteiger partial charge in [-0.15, -0.1) is 11.3 Å². The van der Waals surface area contributed by atoms with Crippen molar-refractivity contribution in [2.24, 2.45) is 7.05 Å². The van der Waals surface area contributed by atoms with Crippen molar-refractivity contribution in [2.45, 2.75) is 19.4 Å². The number of carboxylic acid groups (broad SMARTS) is 1. The van der Waals surface area contributed by atoms with Crippen molar-refractivity contribution in [1.29, 1.82) is 0 Å². The monoisotopic (exact) mass is 382 g/mol. The molecule has 0 saturated heterocycles. The third kappa shape index (κ3) is 3.35. The third-order valence-electron chi connectivity index (χ3n) is 4.70. The highest BCUT2D eigenvalue weighted by Crippen LogP contribution is 2.25. The number of carbonyl (C=O) groups is 2. The molecule has 1 aliphatic heterocycles. The number of amides is 1. The van der Waals surface area contributed by atoms with Gasteiger partial charge in [0.05, 0.1) is 12.1 Å². The van der Waals surface area contributed by atoms with Crippen molar-refractivity contribution in [1.82, 2.24) is 19.7 Å². The van der Waals surface area contributed by atoms with Gasteiger partial charge >= 0.3 is 5.97 Å². The molecular weight excluding hydrogens is 364 g/mol. The summed E-state index contributed by atoms with van der Waals surface area (Å²) in [5, 5.41) is 16.2. The standard InChI is InChI=1S/C19H18N4O3S/c1-22-15-7-8-23(10-14(15)17(21-22)19(25)26)16(24)9-13-11-27-18(20-13)12-5-3-2-4-6-12/h2-6,11H,7-10H2,1H3,(H,25,26). The van der Waals surface area contributed by atoms with Crippen molar-refractivity contribution in [3.8, 4) is 10.6 Å². The van der Waals surface area contributed by atoms with Gasteiger partial charge < -0.3 is 10.0 Å². The van der Waals surface area contributed by atoms with Gasteiger partial charge in [0.15, 0.2) is 5.69 Å². The molecule has 3 heterocycles. The number of carbonyl (C=O) groups excluding carboxylic acids is 1. The van der Waals surface area contributed by atoms with E-state index in [9.17, 15) is 14.7 Å². The number of rotatable bonds is 4. The number of hydrogen-bond acceptors (Lipinski definition) is 5. The lowest BCUT2D eigenvalue weighted by Gasteiger charge is -2.27. The fraction of sp³-hybridized carbons (Fsp3) is 0.263. The van der Waals surface area contributed by atoms with E-state index in [1.807, 2.05) is 35.7 Å².